The van der Waals surface area contributed by atoms with Crippen LogP contribution in [0.5, 0.6) is 11.5 Å². The van der Waals surface area contributed by atoms with Crippen molar-refractivity contribution < 1.29 is 47.2 Å². The van der Waals surface area contributed by atoms with E-state index in [0.29, 0.717) is 22.4 Å². The number of ether oxygens (including phenoxy) is 2. The second-order valence-corrected chi connectivity index (χ2v) is 11.5. The monoisotopic (exact) mass is 678 g/mol. The maximum atomic E-state index is 14.1. The maximum Gasteiger partial charge on any atom is 0.416 e. The van der Waals surface area contributed by atoms with E-state index < -0.39 is 47.7 Å². The van der Waals surface area contributed by atoms with Crippen LogP contribution in [-0.4, -0.2) is 71.7 Å². The third kappa shape index (κ3) is 6.43. The van der Waals surface area contributed by atoms with Gasteiger partial charge in [0.2, 0.25) is 5.91 Å². The Morgan fingerprint density at radius 1 is 1.11 bits per heavy atom. The van der Waals surface area contributed by atoms with Crippen molar-refractivity contribution in [1.82, 2.24) is 10.2 Å². The summed E-state index contributed by atoms with van der Waals surface area (Å²) in [4.78, 5) is 40.5. The molecular formula is C32H27Cl2F3N2O7. The highest BCUT2D eigenvalue weighted by atomic mass is 35.5. The molecule has 2 amide bonds. The molecule has 46 heavy (non-hydrogen) atoms. The van der Waals surface area contributed by atoms with Crippen molar-refractivity contribution in [1.29, 1.82) is 0 Å². The number of nitrogens with zero attached hydrogens (tertiary/aromatic N) is 1. The van der Waals surface area contributed by atoms with Crippen LogP contribution >= 0.6 is 23.2 Å². The highest BCUT2D eigenvalue weighted by Gasteiger charge is 2.51. The number of hydrogen-bond acceptors (Lipinski definition) is 7. The first-order valence-corrected chi connectivity index (χ1v) is 14.7. The average Bonchev–Trinajstić information content (AvgIpc) is 3.43. The van der Waals surface area contributed by atoms with Crippen LogP contribution in [0.4, 0.5) is 13.2 Å². The van der Waals surface area contributed by atoms with Crippen LogP contribution in [0.3, 0.4) is 0 Å². The number of aldehydes is 1. The van der Waals surface area contributed by atoms with Gasteiger partial charge >= 0.3 is 6.18 Å². The van der Waals surface area contributed by atoms with Gasteiger partial charge in [0.1, 0.15) is 18.5 Å². The molecule has 3 N–H and O–H groups in total. The van der Waals surface area contributed by atoms with E-state index in [9.17, 15) is 37.8 Å². The van der Waals surface area contributed by atoms with Crippen LogP contribution in [0.2, 0.25) is 10.0 Å². The minimum absolute atomic E-state index is 0.0602. The smallest absolute Gasteiger partial charge is 0.416 e. The van der Waals surface area contributed by atoms with E-state index in [2.05, 4.69) is 5.32 Å². The molecule has 1 heterocycles. The number of alkyl halides is 3. The first-order valence-electron chi connectivity index (χ1n) is 13.9. The van der Waals surface area contributed by atoms with Crippen LogP contribution < -0.4 is 14.8 Å². The molecule has 0 spiro atoms. The normalized spacial score (nSPS) is 20.1. The van der Waals surface area contributed by atoms with E-state index in [1.54, 1.807) is 6.07 Å². The van der Waals surface area contributed by atoms with E-state index in [4.69, 9.17) is 32.7 Å². The quantitative estimate of drug-likeness (QED) is 0.278. The minimum atomic E-state index is -4.63. The molecular weight excluding hydrogens is 652 g/mol. The molecule has 0 saturated heterocycles. The van der Waals surface area contributed by atoms with Gasteiger partial charge in [0.25, 0.3) is 5.91 Å². The molecule has 0 radical (unpaired) electrons. The lowest BCUT2D eigenvalue weighted by molar-refractivity contribution is -0.137. The number of fused-ring (bicyclic) bond motifs is 3. The highest BCUT2D eigenvalue weighted by Crippen LogP contribution is 2.51. The molecule has 5 rings (SSSR count). The van der Waals surface area contributed by atoms with Crippen molar-refractivity contribution >= 4 is 41.3 Å². The summed E-state index contributed by atoms with van der Waals surface area (Å²) in [5, 5.41) is 24.3. The number of carbonyl (C=O) groups excluding carboxylic acids is 3. The number of hydrogen-bond donors (Lipinski definition) is 3. The number of benzene rings is 3. The first kappa shape index (κ1) is 33.3. The SMILES string of the molecule is COc1cc(C=O)cc2c1OC1C2C(C(=O)NCCO)=CC(N(Cc2ccc(Cl)cc2Cl)C(=O)c2ccc(C(F)(F)F)cc2)C1O. The molecule has 242 valence electrons. The summed E-state index contributed by atoms with van der Waals surface area (Å²) in [5.74, 6) is -1.97. The second-order valence-electron chi connectivity index (χ2n) is 10.6. The van der Waals surface area contributed by atoms with Crippen LogP contribution in [0, 0.1) is 0 Å². The van der Waals surface area contributed by atoms with Gasteiger partial charge in [0, 0.05) is 45.4 Å². The maximum absolute atomic E-state index is 14.1. The Morgan fingerprint density at radius 3 is 2.43 bits per heavy atom. The molecule has 1 aliphatic heterocycles. The highest BCUT2D eigenvalue weighted by molar-refractivity contribution is 6.35. The zero-order valence-electron chi connectivity index (χ0n) is 24.1. The van der Waals surface area contributed by atoms with Gasteiger partial charge in [-0.05, 0) is 60.2 Å². The van der Waals surface area contributed by atoms with Crippen molar-refractivity contribution in [3.63, 3.8) is 0 Å². The Bertz CT molecular complexity index is 1700. The average molecular weight is 679 g/mol. The van der Waals surface area contributed by atoms with Gasteiger partial charge in [-0.3, -0.25) is 14.4 Å². The molecule has 0 aromatic heterocycles. The summed E-state index contributed by atoms with van der Waals surface area (Å²) < 4.78 is 51.4. The van der Waals surface area contributed by atoms with Gasteiger partial charge < -0.3 is 29.9 Å². The minimum Gasteiger partial charge on any atom is -0.493 e. The van der Waals surface area contributed by atoms with Gasteiger partial charge in [-0.1, -0.05) is 29.3 Å². The molecule has 3 aromatic carbocycles. The van der Waals surface area contributed by atoms with E-state index in [-0.39, 0.29) is 52.9 Å². The van der Waals surface area contributed by atoms with Gasteiger partial charge in [-0.15, -0.1) is 0 Å². The number of methoxy groups -OCH3 is 1. The summed E-state index contributed by atoms with van der Waals surface area (Å²) in [6.07, 6.45) is -5.33. The fourth-order valence-electron chi connectivity index (χ4n) is 5.67. The first-order chi connectivity index (χ1) is 21.9. The van der Waals surface area contributed by atoms with Crippen molar-refractivity contribution in [2.75, 3.05) is 20.3 Å². The van der Waals surface area contributed by atoms with E-state index in [0.717, 1.165) is 24.3 Å². The van der Waals surface area contributed by atoms with Crippen molar-refractivity contribution in [2.24, 2.45) is 0 Å². The number of aliphatic hydroxyl groups excluding tert-OH is 2. The molecule has 0 fully saturated rings. The van der Waals surface area contributed by atoms with Gasteiger partial charge in [0.05, 0.1) is 31.2 Å². The van der Waals surface area contributed by atoms with Crippen LogP contribution in [-0.2, 0) is 17.5 Å². The Kier molecular flexibility index (Phi) is 9.64. The standard InChI is InChI=1S/C32H27Cl2F3N2O7/c1-45-25-11-16(15-41)10-21-26-22(30(43)38-8-9-40)13-24(27(42)29(26)46-28(21)25)39(14-18-4-7-20(33)12-23(18)34)31(44)17-2-5-19(6-3-17)32(35,36)37/h2-7,10-13,15,24,26-27,29,40,42H,8-9,14H2,1H3,(H,38,43). The summed E-state index contributed by atoms with van der Waals surface area (Å²) in [7, 11) is 1.36. The van der Waals surface area contributed by atoms with E-state index in [1.807, 2.05) is 0 Å². The molecule has 0 bridgehead atoms. The molecule has 14 heteroatoms. The number of halogens is 5. The lowest BCUT2D eigenvalue weighted by Gasteiger charge is -2.41. The number of carbonyl (C=O) groups is 3. The number of amides is 2. The van der Waals surface area contributed by atoms with Gasteiger partial charge in [-0.2, -0.15) is 13.2 Å². The van der Waals surface area contributed by atoms with E-state index in [1.165, 1.54) is 42.4 Å². The fourth-order valence-corrected chi connectivity index (χ4v) is 6.14. The molecule has 1 aliphatic carbocycles. The Morgan fingerprint density at radius 2 is 1.83 bits per heavy atom. The molecule has 4 unspecified atom stereocenters. The van der Waals surface area contributed by atoms with Gasteiger partial charge in [-0.25, -0.2) is 0 Å². The largest absolute Gasteiger partial charge is 0.493 e. The third-order valence-electron chi connectivity index (χ3n) is 7.85. The topological polar surface area (TPSA) is 125 Å². The Balaban J connectivity index is 1.64. The second kappa shape index (κ2) is 13.3. The molecule has 0 saturated carbocycles. The Hall–Kier alpha value is -4.10. The van der Waals surface area contributed by atoms with Crippen molar-refractivity contribution in [3.8, 4) is 11.5 Å². The molecule has 3 aromatic rings. The Labute approximate surface area is 271 Å². The van der Waals surface area contributed by atoms with Crippen LogP contribution in [0.15, 0.2) is 66.2 Å². The zero-order chi connectivity index (χ0) is 33.3. The van der Waals surface area contributed by atoms with Crippen molar-refractivity contribution in [3.05, 3.63) is 104 Å². The lowest BCUT2D eigenvalue weighted by Crippen LogP contribution is -2.55. The molecule has 2 aliphatic rings. The summed E-state index contributed by atoms with van der Waals surface area (Å²) in [5.41, 5.74) is -0.0162. The van der Waals surface area contributed by atoms with Crippen molar-refractivity contribution in [2.45, 2.75) is 36.9 Å². The summed E-state index contributed by atoms with van der Waals surface area (Å²) in [6.45, 7) is -0.730. The summed E-state index contributed by atoms with van der Waals surface area (Å²) in [6, 6.07) is 9.79. The van der Waals surface area contributed by atoms with Crippen LogP contribution in [0.25, 0.3) is 0 Å². The predicted molar refractivity (Wildman–Crippen MR) is 161 cm³/mol. The van der Waals surface area contributed by atoms with Crippen LogP contribution in [0.1, 0.15) is 43.3 Å². The van der Waals surface area contributed by atoms with E-state index >= 15 is 0 Å². The molecule has 9 nitrogen and oxygen atoms in total. The molecule has 4 atom stereocenters. The number of rotatable bonds is 9. The number of nitrogens with one attached hydrogen (secondary N) is 1. The number of aliphatic hydroxyl groups is 2. The fraction of sp³-hybridized carbons (Fsp3) is 0.281. The lowest BCUT2D eigenvalue weighted by atomic mass is 9.77. The zero-order valence-corrected chi connectivity index (χ0v) is 25.6. The third-order valence-corrected chi connectivity index (χ3v) is 8.43. The predicted octanol–water partition coefficient (Wildman–Crippen LogP) is 4.80. The van der Waals surface area contributed by atoms with Gasteiger partial charge in [0.15, 0.2) is 11.5 Å². The summed E-state index contributed by atoms with van der Waals surface area (Å²) >= 11 is 12.5.